The summed E-state index contributed by atoms with van der Waals surface area (Å²) in [7, 11) is 1.82. The maximum absolute atomic E-state index is 13.9. The second-order valence-electron chi connectivity index (χ2n) is 6.73. The Morgan fingerprint density at radius 3 is 2.92 bits per heavy atom. The van der Waals surface area contributed by atoms with Gasteiger partial charge in [0, 0.05) is 30.7 Å². The molecular weight excluding hydrogens is 309 g/mol. The lowest BCUT2D eigenvalue weighted by Gasteiger charge is -2.24. The van der Waals surface area contributed by atoms with Gasteiger partial charge in [-0.05, 0) is 33.9 Å². The van der Waals surface area contributed by atoms with Gasteiger partial charge in [0.2, 0.25) is 0 Å². The molecule has 130 valence electrons. The number of nitrogens with zero attached hydrogens (tertiary/aromatic N) is 4. The van der Waals surface area contributed by atoms with E-state index < -0.39 is 6.17 Å². The molecule has 1 aliphatic rings. The fourth-order valence-corrected chi connectivity index (χ4v) is 3.39. The number of carbonyl (C=O) groups is 1. The number of carbonyl (C=O) groups excluding carboxylic acids is 1. The number of hydrogen-bond acceptors (Lipinski definition) is 4. The van der Waals surface area contributed by atoms with Gasteiger partial charge in [0.05, 0.1) is 23.7 Å². The Labute approximate surface area is 141 Å². The van der Waals surface area contributed by atoms with E-state index >= 15 is 0 Å². The number of likely N-dealkylation sites (tertiary alicyclic amines) is 1. The quantitative estimate of drug-likeness (QED) is 0.931. The minimum atomic E-state index is -0.968. The number of fused-ring (bicyclic) bond motifs is 1. The second kappa shape index (κ2) is 6.47. The van der Waals surface area contributed by atoms with Crippen molar-refractivity contribution >= 4 is 16.9 Å². The molecule has 0 unspecified atom stereocenters. The van der Waals surface area contributed by atoms with Crippen LogP contribution in [-0.4, -0.2) is 57.9 Å². The standard InChI is InChI=1S/C17H24FN5O/c1-10(2)23-16-15(8-20-23)14(5-11(3)21-16)17(24)22-9-12(18)6-13(22)7-19-4/h5,8,10,12-13,19H,6-7,9H2,1-4H3/t12-,13-/m0/s1. The van der Waals surface area contributed by atoms with Gasteiger partial charge in [-0.3, -0.25) is 4.79 Å². The molecule has 2 atom stereocenters. The third-order valence-electron chi connectivity index (χ3n) is 4.48. The van der Waals surface area contributed by atoms with Crippen molar-refractivity contribution in [3.8, 4) is 0 Å². The van der Waals surface area contributed by atoms with Gasteiger partial charge in [-0.2, -0.15) is 5.10 Å². The number of alkyl halides is 1. The van der Waals surface area contributed by atoms with Crippen molar-refractivity contribution in [3.05, 3.63) is 23.5 Å². The highest BCUT2D eigenvalue weighted by Crippen LogP contribution is 2.26. The van der Waals surface area contributed by atoms with Gasteiger partial charge in [-0.15, -0.1) is 0 Å². The average molecular weight is 333 g/mol. The minimum Gasteiger partial charge on any atom is -0.331 e. The zero-order valence-corrected chi connectivity index (χ0v) is 14.6. The highest BCUT2D eigenvalue weighted by Gasteiger charge is 2.36. The van der Waals surface area contributed by atoms with Gasteiger partial charge in [-0.1, -0.05) is 0 Å². The Morgan fingerprint density at radius 1 is 1.50 bits per heavy atom. The van der Waals surface area contributed by atoms with Crippen LogP contribution in [0.5, 0.6) is 0 Å². The molecule has 0 bridgehead atoms. The monoisotopic (exact) mass is 333 g/mol. The molecule has 0 radical (unpaired) electrons. The maximum atomic E-state index is 13.9. The number of nitrogens with one attached hydrogen (secondary N) is 1. The zero-order valence-electron chi connectivity index (χ0n) is 14.6. The third-order valence-corrected chi connectivity index (χ3v) is 4.48. The summed E-state index contributed by atoms with van der Waals surface area (Å²) in [6.07, 6.45) is 1.10. The molecule has 6 nitrogen and oxygen atoms in total. The highest BCUT2D eigenvalue weighted by molar-refractivity contribution is 6.05. The average Bonchev–Trinajstić information content (AvgIpc) is 3.09. The molecule has 1 saturated heterocycles. The number of likely N-dealkylation sites (N-methyl/N-ethyl adjacent to an activating group) is 1. The van der Waals surface area contributed by atoms with Gasteiger partial charge in [-0.25, -0.2) is 14.1 Å². The maximum Gasteiger partial charge on any atom is 0.255 e. The van der Waals surface area contributed by atoms with Crippen LogP contribution in [0.25, 0.3) is 11.0 Å². The fourth-order valence-electron chi connectivity index (χ4n) is 3.39. The lowest BCUT2D eigenvalue weighted by Crippen LogP contribution is -2.41. The summed E-state index contributed by atoms with van der Waals surface area (Å²) in [6.45, 7) is 6.64. The number of pyridine rings is 1. The van der Waals surface area contributed by atoms with Crippen molar-refractivity contribution in [1.82, 2.24) is 25.0 Å². The first-order valence-corrected chi connectivity index (χ1v) is 8.36. The lowest BCUT2D eigenvalue weighted by atomic mass is 10.1. The van der Waals surface area contributed by atoms with E-state index in [9.17, 15) is 9.18 Å². The van der Waals surface area contributed by atoms with Crippen molar-refractivity contribution in [2.45, 2.75) is 45.4 Å². The molecular formula is C17H24FN5O. The molecule has 1 N–H and O–H groups in total. The van der Waals surface area contributed by atoms with E-state index in [2.05, 4.69) is 15.4 Å². The Hall–Kier alpha value is -2.02. The van der Waals surface area contributed by atoms with Crippen molar-refractivity contribution in [1.29, 1.82) is 0 Å². The number of aromatic nitrogens is 3. The van der Waals surface area contributed by atoms with Crippen LogP contribution in [0.2, 0.25) is 0 Å². The molecule has 1 aliphatic heterocycles. The van der Waals surface area contributed by atoms with Crippen LogP contribution in [0.1, 0.15) is 42.4 Å². The number of rotatable bonds is 4. The number of hydrogen-bond donors (Lipinski definition) is 1. The summed E-state index contributed by atoms with van der Waals surface area (Å²) >= 11 is 0. The van der Waals surface area contributed by atoms with Crippen LogP contribution in [0.3, 0.4) is 0 Å². The molecule has 0 aromatic carbocycles. The number of amides is 1. The predicted molar refractivity (Wildman–Crippen MR) is 90.9 cm³/mol. The first kappa shape index (κ1) is 16.8. The smallest absolute Gasteiger partial charge is 0.255 e. The molecule has 0 aliphatic carbocycles. The van der Waals surface area contributed by atoms with Crippen LogP contribution in [0.15, 0.2) is 12.3 Å². The van der Waals surface area contributed by atoms with E-state index in [1.165, 1.54) is 0 Å². The van der Waals surface area contributed by atoms with Gasteiger partial charge < -0.3 is 10.2 Å². The second-order valence-corrected chi connectivity index (χ2v) is 6.73. The van der Waals surface area contributed by atoms with Crippen molar-refractivity contribution < 1.29 is 9.18 Å². The molecule has 0 spiro atoms. The van der Waals surface area contributed by atoms with E-state index in [4.69, 9.17) is 0 Å². The van der Waals surface area contributed by atoms with E-state index in [1.807, 2.05) is 32.5 Å². The van der Waals surface area contributed by atoms with Crippen molar-refractivity contribution in [3.63, 3.8) is 0 Å². The number of aryl methyl sites for hydroxylation is 1. The first-order valence-electron chi connectivity index (χ1n) is 8.36. The van der Waals surface area contributed by atoms with E-state index in [0.717, 1.165) is 11.1 Å². The molecule has 1 amide bonds. The van der Waals surface area contributed by atoms with Gasteiger partial charge in [0.25, 0.3) is 5.91 Å². The summed E-state index contributed by atoms with van der Waals surface area (Å²) in [6, 6.07) is 1.80. The van der Waals surface area contributed by atoms with E-state index in [0.29, 0.717) is 24.2 Å². The Bertz CT molecular complexity index is 757. The largest absolute Gasteiger partial charge is 0.331 e. The first-order chi connectivity index (χ1) is 11.4. The van der Waals surface area contributed by atoms with Gasteiger partial charge >= 0.3 is 0 Å². The lowest BCUT2D eigenvalue weighted by molar-refractivity contribution is 0.0731. The summed E-state index contributed by atoms with van der Waals surface area (Å²) in [4.78, 5) is 19.3. The molecule has 2 aromatic heterocycles. The molecule has 3 rings (SSSR count). The molecule has 2 aromatic rings. The van der Waals surface area contributed by atoms with Crippen LogP contribution < -0.4 is 5.32 Å². The van der Waals surface area contributed by atoms with Crippen LogP contribution in [0, 0.1) is 6.92 Å². The highest BCUT2D eigenvalue weighted by atomic mass is 19.1. The Kier molecular flexibility index (Phi) is 4.54. The Morgan fingerprint density at radius 2 is 2.25 bits per heavy atom. The summed E-state index contributed by atoms with van der Waals surface area (Å²) < 4.78 is 15.7. The molecule has 0 saturated carbocycles. The van der Waals surface area contributed by atoms with Gasteiger partial charge in [0.1, 0.15) is 6.17 Å². The van der Waals surface area contributed by atoms with Gasteiger partial charge in [0.15, 0.2) is 5.65 Å². The van der Waals surface area contributed by atoms with Crippen molar-refractivity contribution in [2.75, 3.05) is 20.1 Å². The summed E-state index contributed by atoms with van der Waals surface area (Å²) in [5.74, 6) is -0.144. The van der Waals surface area contributed by atoms with Crippen molar-refractivity contribution in [2.24, 2.45) is 0 Å². The molecule has 7 heteroatoms. The minimum absolute atomic E-state index is 0.124. The summed E-state index contributed by atoms with van der Waals surface area (Å²) in [5.41, 5.74) is 2.02. The van der Waals surface area contributed by atoms with Crippen LogP contribution in [-0.2, 0) is 0 Å². The predicted octanol–water partition coefficient (Wildman–Crippen LogP) is 2.09. The number of halogens is 1. The van der Waals surface area contributed by atoms with E-state index in [1.54, 1.807) is 17.2 Å². The van der Waals surface area contributed by atoms with Crippen LogP contribution >= 0.6 is 0 Å². The molecule has 24 heavy (non-hydrogen) atoms. The topological polar surface area (TPSA) is 63.1 Å². The Balaban J connectivity index is 2.04. The molecule has 3 heterocycles. The normalized spacial score (nSPS) is 21.2. The third kappa shape index (κ3) is 2.88. The SMILES string of the molecule is CNC[C@@H]1C[C@H](F)CN1C(=O)c1cc(C)nc2c1cnn2C(C)C. The zero-order chi connectivity index (χ0) is 17.4. The van der Waals surface area contributed by atoms with Crippen LogP contribution in [0.4, 0.5) is 4.39 Å². The summed E-state index contributed by atoms with van der Waals surface area (Å²) in [5, 5.41) is 8.14. The molecule has 1 fully saturated rings. The fraction of sp³-hybridized carbons (Fsp3) is 0.588. The van der Waals surface area contributed by atoms with E-state index in [-0.39, 0.29) is 24.5 Å².